The minimum Gasteiger partial charge on any atom is -0.385 e. The molecule has 1 aliphatic rings. The van der Waals surface area contributed by atoms with Gasteiger partial charge in [-0.05, 0) is 58.0 Å². The molecule has 1 aliphatic carbocycles. The molecule has 1 unspecified atom stereocenters. The Balaban J connectivity index is 1.81. The number of nitrogens with zero attached hydrogens (tertiary/aromatic N) is 1. The van der Waals surface area contributed by atoms with E-state index in [1.54, 1.807) is 0 Å². The SMILES string of the molecule is CCNc1ccc(C(=O)NCC(C)N(C)C2CC2)cc1. The van der Waals surface area contributed by atoms with Crippen LogP contribution in [0, 0.1) is 0 Å². The molecule has 0 spiro atoms. The van der Waals surface area contributed by atoms with Crippen LogP contribution in [0.25, 0.3) is 0 Å². The highest BCUT2D eigenvalue weighted by atomic mass is 16.1. The number of hydrogen-bond acceptors (Lipinski definition) is 3. The quantitative estimate of drug-likeness (QED) is 0.803. The molecule has 2 rings (SSSR count). The molecule has 1 atom stereocenters. The highest BCUT2D eigenvalue weighted by molar-refractivity contribution is 5.94. The van der Waals surface area contributed by atoms with Crippen molar-refractivity contribution >= 4 is 11.6 Å². The maximum Gasteiger partial charge on any atom is 0.251 e. The summed E-state index contributed by atoms with van der Waals surface area (Å²) in [5, 5.41) is 6.23. The molecule has 1 saturated carbocycles. The standard InChI is InChI=1S/C16H25N3O/c1-4-17-14-7-5-13(6-8-14)16(20)18-11-12(2)19(3)15-9-10-15/h5-8,12,15,17H,4,9-11H2,1-3H3,(H,18,20). The van der Waals surface area contributed by atoms with Gasteiger partial charge in [-0.25, -0.2) is 0 Å². The van der Waals surface area contributed by atoms with Gasteiger partial charge >= 0.3 is 0 Å². The molecule has 0 aliphatic heterocycles. The van der Waals surface area contributed by atoms with E-state index in [1.165, 1.54) is 12.8 Å². The Morgan fingerprint density at radius 3 is 2.55 bits per heavy atom. The Bertz CT molecular complexity index is 440. The van der Waals surface area contributed by atoms with Gasteiger partial charge in [0.15, 0.2) is 0 Å². The summed E-state index contributed by atoms with van der Waals surface area (Å²) in [7, 11) is 2.14. The first-order valence-corrected chi connectivity index (χ1v) is 7.46. The van der Waals surface area contributed by atoms with Crippen LogP contribution in [-0.4, -0.2) is 43.0 Å². The molecule has 2 N–H and O–H groups in total. The van der Waals surface area contributed by atoms with E-state index in [0.717, 1.165) is 18.3 Å². The van der Waals surface area contributed by atoms with Gasteiger partial charge in [-0.2, -0.15) is 0 Å². The van der Waals surface area contributed by atoms with Crippen LogP contribution >= 0.6 is 0 Å². The van der Waals surface area contributed by atoms with E-state index in [4.69, 9.17) is 0 Å². The van der Waals surface area contributed by atoms with Gasteiger partial charge in [-0.15, -0.1) is 0 Å². The summed E-state index contributed by atoms with van der Waals surface area (Å²) < 4.78 is 0. The first kappa shape index (κ1) is 14.9. The summed E-state index contributed by atoms with van der Waals surface area (Å²) in [4.78, 5) is 14.4. The molecule has 1 aromatic rings. The summed E-state index contributed by atoms with van der Waals surface area (Å²) in [5.41, 5.74) is 1.76. The highest BCUT2D eigenvalue weighted by Gasteiger charge is 2.29. The second-order valence-electron chi connectivity index (χ2n) is 5.56. The lowest BCUT2D eigenvalue weighted by molar-refractivity contribution is 0.0939. The molecule has 0 bridgehead atoms. The summed E-state index contributed by atoms with van der Waals surface area (Å²) >= 11 is 0. The Morgan fingerprint density at radius 2 is 2.00 bits per heavy atom. The number of amides is 1. The van der Waals surface area contributed by atoms with Crippen LogP contribution in [-0.2, 0) is 0 Å². The first-order valence-electron chi connectivity index (χ1n) is 7.46. The fourth-order valence-corrected chi connectivity index (χ4v) is 2.27. The summed E-state index contributed by atoms with van der Waals surface area (Å²) in [6.07, 6.45) is 2.58. The fraction of sp³-hybridized carbons (Fsp3) is 0.562. The van der Waals surface area contributed by atoms with Gasteiger partial charge in [0, 0.05) is 36.4 Å². The average Bonchev–Trinajstić information content (AvgIpc) is 3.29. The van der Waals surface area contributed by atoms with Crippen molar-refractivity contribution in [3.05, 3.63) is 29.8 Å². The predicted molar refractivity (Wildman–Crippen MR) is 83.2 cm³/mol. The van der Waals surface area contributed by atoms with Crippen molar-refractivity contribution in [3.63, 3.8) is 0 Å². The first-order chi connectivity index (χ1) is 9.61. The van der Waals surface area contributed by atoms with E-state index in [0.29, 0.717) is 18.2 Å². The number of rotatable bonds is 7. The maximum absolute atomic E-state index is 12.1. The van der Waals surface area contributed by atoms with Crippen molar-refractivity contribution in [1.82, 2.24) is 10.2 Å². The molecule has 0 heterocycles. The molecule has 20 heavy (non-hydrogen) atoms. The number of benzene rings is 1. The Labute approximate surface area is 121 Å². The molecular formula is C16H25N3O. The molecule has 1 fully saturated rings. The van der Waals surface area contributed by atoms with Crippen molar-refractivity contribution in [2.24, 2.45) is 0 Å². The van der Waals surface area contributed by atoms with E-state index < -0.39 is 0 Å². The van der Waals surface area contributed by atoms with Crippen LogP contribution in [0.3, 0.4) is 0 Å². The zero-order valence-corrected chi connectivity index (χ0v) is 12.6. The van der Waals surface area contributed by atoms with Crippen LogP contribution < -0.4 is 10.6 Å². The molecule has 1 amide bonds. The van der Waals surface area contributed by atoms with Crippen LogP contribution in [0.4, 0.5) is 5.69 Å². The van der Waals surface area contributed by atoms with Crippen molar-refractivity contribution in [2.75, 3.05) is 25.5 Å². The maximum atomic E-state index is 12.1. The van der Waals surface area contributed by atoms with E-state index >= 15 is 0 Å². The van der Waals surface area contributed by atoms with Crippen LogP contribution in [0.5, 0.6) is 0 Å². The van der Waals surface area contributed by atoms with Crippen LogP contribution in [0.2, 0.25) is 0 Å². The second-order valence-corrected chi connectivity index (χ2v) is 5.56. The second kappa shape index (κ2) is 6.75. The number of anilines is 1. The number of carbonyl (C=O) groups is 1. The van der Waals surface area contributed by atoms with Gasteiger partial charge in [-0.3, -0.25) is 9.69 Å². The van der Waals surface area contributed by atoms with Gasteiger partial charge < -0.3 is 10.6 Å². The third-order valence-electron chi connectivity index (χ3n) is 3.90. The van der Waals surface area contributed by atoms with Gasteiger partial charge in [0.1, 0.15) is 0 Å². The molecule has 0 radical (unpaired) electrons. The lowest BCUT2D eigenvalue weighted by Gasteiger charge is -2.24. The summed E-state index contributed by atoms with van der Waals surface area (Å²) in [6, 6.07) is 8.72. The lowest BCUT2D eigenvalue weighted by Crippen LogP contribution is -2.41. The van der Waals surface area contributed by atoms with E-state index in [9.17, 15) is 4.79 Å². The molecule has 110 valence electrons. The van der Waals surface area contributed by atoms with Crippen molar-refractivity contribution in [2.45, 2.75) is 38.8 Å². The molecule has 4 heteroatoms. The summed E-state index contributed by atoms with van der Waals surface area (Å²) in [6.45, 7) is 5.79. The van der Waals surface area contributed by atoms with Crippen LogP contribution in [0.1, 0.15) is 37.0 Å². The zero-order chi connectivity index (χ0) is 14.5. The zero-order valence-electron chi connectivity index (χ0n) is 12.6. The largest absolute Gasteiger partial charge is 0.385 e. The van der Waals surface area contributed by atoms with Crippen molar-refractivity contribution in [3.8, 4) is 0 Å². The average molecular weight is 275 g/mol. The monoisotopic (exact) mass is 275 g/mol. The number of likely N-dealkylation sites (N-methyl/N-ethyl adjacent to an activating group) is 1. The van der Waals surface area contributed by atoms with Crippen LogP contribution in [0.15, 0.2) is 24.3 Å². The van der Waals surface area contributed by atoms with E-state index in [-0.39, 0.29) is 5.91 Å². The lowest BCUT2D eigenvalue weighted by atomic mass is 10.2. The molecule has 0 aromatic heterocycles. The Morgan fingerprint density at radius 1 is 1.35 bits per heavy atom. The molecular weight excluding hydrogens is 250 g/mol. The highest BCUT2D eigenvalue weighted by Crippen LogP contribution is 2.26. The van der Waals surface area contributed by atoms with Gasteiger partial charge in [-0.1, -0.05) is 0 Å². The molecule has 1 aromatic carbocycles. The minimum absolute atomic E-state index is 0.00379. The summed E-state index contributed by atoms with van der Waals surface area (Å²) in [5.74, 6) is 0.00379. The number of nitrogens with one attached hydrogen (secondary N) is 2. The van der Waals surface area contributed by atoms with E-state index in [2.05, 4.69) is 36.4 Å². The minimum atomic E-state index is 0.00379. The Kier molecular flexibility index (Phi) is 5.01. The molecule has 4 nitrogen and oxygen atoms in total. The third kappa shape index (κ3) is 3.97. The normalized spacial score (nSPS) is 16.0. The van der Waals surface area contributed by atoms with Crippen molar-refractivity contribution < 1.29 is 4.79 Å². The molecule has 0 saturated heterocycles. The third-order valence-corrected chi connectivity index (χ3v) is 3.90. The smallest absolute Gasteiger partial charge is 0.251 e. The fourth-order valence-electron chi connectivity index (χ4n) is 2.27. The van der Waals surface area contributed by atoms with Gasteiger partial charge in [0.05, 0.1) is 0 Å². The topological polar surface area (TPSA) is 44.4 Å². The van der Waals surface area contributed by atoms with Gasteiger partial charge in [0.2, 0.25) is 0 Å². The van der Waals surface area contributed by atoms with E-state index in [1.807, 2.05) is 24.3 Å². The number of hydrogen-bond donors (Lipinski definition) is 2. The predicted octanol–water partition coefficient (Wildman–Crippen LogP) is 2.33. The van der Waals surface area contributed by atoms with Crippen molar-refractivity contribution in [1.29, 1.82) is 0 Å². The Hall–Kier alpha value is -1.55. The number of carbonyl (C=O) groups excluding carboxylic acids is 1. The van der Waals surface area contributed by atoms with Gasteiger partial charge in [0.25, 0.3) is 5.91 Å².